The second-order valence-corrected chi connectivity index (χ2v) is 20.3. The molecule has 5 heterocycles. The first-order chi connectivity index (χ1) is 27.7. The van der Waals surface area contributed by atoms with Gasteiger partial charge in [0.15, 0.2) is 0 Å². The standard InChI is InChI=1S/C54H48BN3/c1-52(2,3)31-20-25-43-40(28-31)55-39-24-27-44(56-41-16-12-10-14-34(41)35-15-11-13-17-42(35)56)48-38-22-19-33(54(7,8)9)30-47(38)58(51(39)48)45-26-23-37-36-21-18-32(53(4,5)6)29-46(36)57(43)50(37)49(45)55/h10-30H,1-9H3. The lowest BCUT2D eigenvalue weighted by Crippen LogP contribution is -2.59. The topological polar surface area (TPSA) is 14.8 Å². The van der Waals surface area contributed by atoms with E-state index in [1.807, 2.05) is 0 Å². The highest BCUT2D eigenvalue weighted by Gasteiger charge is 2.42. The Labute approximate surface area is 340 Å². The highest BCUT2D eigenvalue weighted by atomic mass is 15.0. The van der Waals surface area contributed by atoms with Gasteiger partial charge in [-0.1, -0.05) is 147 Å². The van der Waals surface area contributed by atoms with E-state index in [0.717, 1.165) is 0 Å². The van der Waals surface area contributed by atoms with E-state index in [4.69, 9.17) is 0 Å². The van der Waals surface area contributed by atoms with Crippen molar-refractivity contribution in [1.29, 1.82) is 0 Å². The Balaban J connectivity index is 1.29. The van der Waals surface area contributed by atoms with Crippen LogP contribution < -0.4 is 16.4 Å². The summed E-state index contributed by atoms with van der Waals surface area (Å²) in [5.74, 6) is 0. The van der Waals surface area contributed by atoms with Gasteiger partial charge in [-0.3, -0.25) is 0 Å². The molecular formula is C54H48BN3. The van der Waals surface area contributed by atoms with E-state index in [1.54, 1.807) is 0 Å². The molecule has 0 amide bonds. The first kappa shape index (κ1) is 34.1. The molecule has 0 saturated carbocycles. The van der Waals surface area contributed by atoms with Crippen LogP contribution in [0, 0.1) is 0 Å². The maximum Gasteiger partial charge on any atom is 0.252 e. The van der Waals surface area contributed by atoms with Gasteiger partial charge in [0.2, 0.25) is 0 Å². The molecule has 10 aromatic rings. The summed E-state index contributed by atoms with van der Waals surface area (Å²) < 4.78 is 7.80. The second kappa shape index (κ2) is 10.9. The van der Waals surface area contributed by atoms with Crippen molar-refractivity contribution >= 4 is 88.5 Å². The predicted molar refractivity (Wildman–Crippen MR) is 250 cm³/mol. The zero-order valence-corrected chi connectivity index (χ0v) is 35.0. The first-order valence-corrected chi connectivity index (χ1v) is 21.1. The lowest BCUT2D eigenvalue weighted by atomic mass is 9.34. The zero-order valence-electron chi connectivity index (χ0n) is 35.0. The van der Waals surface area contributed by atoms with Crippen molar-refractivity contribution in [3.05, 3.63) is 144 Å². The Kier molecular flexibility index (Phi) is 6.42. The molecule has 4 heteroatoms. The third-order valence-corrected chi connectivity index (χ3v) is 13.7. The van der Waals surface area contributed by atoms with Gasteiger partial charge in [-0.05, 0) is 91.8 Å². The van der Waals surface area contributed by atoms with Crippen molar-refractivity contribution in [2.45, 2.75) is 78.6 Å². The van der Waals surface area contributed by atoms with E-state index in [0.29, 0.717) is 0 Å². The molecule has 7 aromatic carbocycles. The number of aromatic nitrogens is 3. The number of hydrogen-bond donors (Lipinski definition) is 0. The van der Waals surface area contributed by atoms with Crippen LogP contribution >= 0.6 is 0 Å². The van der Waals surface area contributed by atoms with Crippen molar-refractivity contribution in [1.82, 2.24) is 13.7 Å². The quantitative estimate of drug-likeness (QED) is 0.149. The van der Waals surface area contributed by atoms with E-state index in [-0.39, 0.29) is 23.0 Å². The molecule has 0 radical (unpaired) electrons. The molecule has 0 unspecified atom stereocenters. The monoisotopic (exact) mass is 749 g/mol. The molecule has 0 saturated heterocycles. The van der Waals surface area contributed by atoms with Crippen LogP contribution in [0.2, 0.25) is 0 Å². The summed E-state index contributed by atoms with van der Waals surface area (Å²) >= 11 is 0. The maximum absolute atomic E-state index is 2.65. The van der Waals surface area contributed by atoms with E-state index in [9.17, 15) is 0 Å². The molecule has 3 aromatic heterocycles. The van der Waals surface area contributed by atoms with Gasteiger partial charge in [-0.15, -0.1) is 0 Å². The minimum absolute atomic E-state index is 0.00166. The van der Waals surface area contributed by atoms with Crippen molar-refractivity contribution < 1.29 is 0 Å². The highest BCUT2D eigenvalue weighted by molar-refractivity contribution is 7.00. The van der Waals surface area contributed by atoms with Gasteiger partial charge < -0.3 is 13.7 Å². The average molecular weight is 750 g/mol. The minimum atomic E-state index is -0.00166. The van der Waals surface area contributed by atoms with Crippen molar-refractivity contribution in [2.24, 2.45) is 0 Å². The van der Waals surface area contributed by atoms with Gasteiger partial charge in [0.05, 0.1) is 38.8 Å². The normalized spacial score (nSPS) is 13.9. The van der Waals surface area contributed by atoms with Crippen LogP contribution in [0.4, 0.5) is 0 Å². The lowest BCUT2D eigenvalue weighted by molar-refractivity contribution is 0.590. The Bertz CT molecular complexity index is 3400. The number of benzene rings is 7. The van der Waals surface area contributed by atoms with Gasteiger partial charge in [0.25, 0.3) is 6.71 Å². The van der Waals surface area contributed by atoms with Crippen LogP contribution in [-0.4, -0.2) is 20.4 Å². The average Bonchev–Trinajstić information content (AvgIpc) is 3.84. The summed E-state index contributed by atoms with van der Waals surface area (Å²) in [5, 5.41) is 7.84. The summed E-state index contributed by atoms with van der Waals surface area (Å²) in [6.45, 7) is 21.1. The fourth-order valence-corrected chi connectivity index (χ4v) is 10.7. The lowest BCUT2D eigenvalue weighted by Gasteiger charge is -2.34. The predicted octanol–water partition coefficient (Wildman–Crippen LogP) is 12.0. The van der Waals surface area contributed by atoms with Crippen LogP contribution in [0.5, 0.6) is 0 Å². The molecule has 12 rings (SSSR count). The molecule has 2 aliphatic rings. The van der Waals surface area contributed by atoms with Gasteiger partial charge in [0.1, 0.15) is 0 Å². The Hall–Kier alpha value is -6.00. The maximum atomic E-state index is 2.65. The summed E-state index contributed by atoms with van der Waals surface area (Å²) in [7, 11) is 0. The molecule has 0 bridgehead atoms. The molecule has 2 aliphatic heterocycles. The fourth-order valence-electron chi connectivity index (χ4n) is 10.7. The molecule has 0 aliphatic carbocycles. The van der Waals surface area contributed by atoms with E-state index in [2.05, 4.69) is 203 Å². The van der Waals surface area contributed by atoms with Gasteiger partial charge in [0, 0.05) is 43.7 Å². The molecule has 0 atom stereocenters. The number of nitrogens with zero attached hydrogens (tertiary/aromatic N) is 3. The van der Waals surface area contributed by atoms with Crippen LogP contribution in [0.15, 0.2) is 127 Å². The van der Waals surface area contributed by atoms with E-state index in [1.165, 1.54) is 116 Å². The van der Waals surface area contributed by atoms with Gasteiger partial charge in [-0.2, -0.15) is 0 Å². The van der Waals surface area contributed by atoms with Crippen LogP contribution in [0.3, 0.4) is 0 Å². The first-order valence-electron chi connectivity index (χ1n) is 21.1. The zero-order chi connectivity index (χ0) is 39.8. The summed E-state index contributed by atoms with van der Waals surface area (Å²) in [5.41, 5.74) is 19.8. The number of para-hydroxylation sites is 2. The Morgan fingerprint density at radius 1 is 0.362 bits per heavy atom. The number of hydrogen-bond acceptors (Lipinski definition) is 0. The molecule has 0 spiro atoms. The number of rotatable bonds is 1. The summed E-state index contributed by atoms with van der Waals surface area (Å²) in [4.78, 5) is 0. The Morgan fingerprint density at radius 2 is 0.845 bits per heavy atom. The molecule has 0 fully saturated rings. The van der Waals surface area contributed by atoms with Crippen molar-refractivity contribution in [3.63, 3.8) is 0 Å². The molecule has 282 valence electrons. The Morgan fingerprint density at radius 3 is 1.48 bits per heavy atom. The van der Waals surface area contributed by atoms with Gasteiger partial charge in [-0.25, -0.2) is 0 Å². The van der Waals surface area contributed by atoms with Crippen LogP contribution in [0.1, 0.15) is 79.0 Å². The number of fused-ring (bicyclic) bond motifs is 14. The highest BCUT2D eigenvalue weighted by Crippen LogP contribution is 2.44. The minimum Gasteiger partial charge on any atom is -0.310 e. The SMILES string of the molecule is CC(C)(C)c1ccc2c(c1)B1c3c(ccc4c5ccc(C(C)(C)C)cc5n-2c34)-n2c3cc(C(C)(C)C)ccc3c3c(-n4c5ccccc5c5ccccc54)ccc1c32. The van der Waals surface area contributed by atoms with Gasteiger partial charge >= 0.3 is 0 Å². The molecule has 3 nitrogen and oxygen atoms in total. The fraction of sp³-hybridized carbons (Fsp3) is 0.222. The largest absolute Gasteiger partial charge is 0.310 e. The van der Waals surface area contributed by atoms with E-state index < -0.39 is 0 Å². The smallest absolute Gasteiger partial charge is 0.252 e. The summed E-state index contributed by atoms with van der Waals surface area (Å²) in [6.07, 6.45) is 0. The van der Waals surface area contributed by atoms with Crippen LogP contribution in [0.25, 0.3) is 82.5 Å². The van der Waals surface area contributed by atoms with Crippen molar-refractivity contribution in [2.75, 3.05) is 0 Å². The van der Waals surface area contributed by atoms with E-state index >= 15 is 0 Å². The van der Waals surface area contributed by atoms with Crippen LogP contribution in [-0.2, 0) is 16.2 Å². The molecular weight excluding hydrogens is 701 g/mol. The third kappa shape index (κ3) is 4.31. The summed E-state index contributed by atoms with van der Waals surface area (Å²) in [6, 6.07) is 49.5. The molecule has 0 N–H and O–H groups in total. The third-order valence-electron chi connectivity index (χ3n) is 13.7. The van der Waals surface area contributed by atoms with Crippen molar-refractivity contribution in [3.8, 4) is 17.1 Å². The second-order valence-electron chi connectivity index (χ2n) is 20.3. The molecule has 58 heavy (non-hydrogen) atoms.